The van der Waals surface area contributed by atoms with Crippen LogP contribution in [0.5, 0.6) is 0 Å². The molecule has 1 aromatic heterocycles. The first kappa shape index (κ1) is 21.7. The Morgan fingerprint density at radius 3 is 2.17 bits per heavy atom. The first-order chi connectivity index (χ1) is 14.5. The molecule has 6 heteroatoms. The van der Waals surface area contributed by atoms with E-state index >= 15 is 0 Å². The van der Waals surface area contributed by atoms with Crippen molar-refractivity contribution >= 4 is 11.7 Å². The number of nitrogens with zero attached hydrogens (tertiary/aromatic N) is 5. The SMILES string of the molecule is CCC(C)C(=O)C1CCN(Cc2cnc(N3C4CCC3CN(C(C)C)C4)nc2)CC1. The maximum absolute atomic E-state index is 12.5. The highest BCUT2D eigenvalue weighted by Crippen LogP contribution is 2.33. The van der Waals surface area contributed by atoms with Crippen LogP contribution in [0.15, 0.2) is 12.4 Å². The molecule has 3 saturated heterocycles. The number of carbonyl (C=O) groups is 1. The Balaban J connectivity index is 1.31. The van der Waals surface area contributed by atoms with E-state index in [0.29, 0.717) is 23.9 Å². The van der Waals surface area contributed by atoms with E-state index in [1.54, 1.807) is 0 Å². The number of fused-ring (bicyclic) bond motifs is 2. The average Bonchev–Trinajstić information content (AvgIpc) is 3.02. The van der Waals surface area contributed by atoms with E-state index in [4.69, 9.17) is 9.97 Å². The van der Waals surface area contributed by atoms with Crippen LogP contribution in [0.3, 0.4) is 0 Å². The second-order valence-corrected chi connectivity index (χ2v) is 9.99. The van der Waals surface area contributed by atoms with Crippen LogP contribution in [0, 0.1) is 11.8 Å². The van der Waals surface area contributed by atoms with Gasteiger partial charge in [0, 0.05) is 67.6 Å². The third-order valence-electron chi connectivity index (χ3n) is 7.66. The third kappa shape index (κ3) is 4.54. The van der Waals surface area contributed by atoms with E-state index in [1.165, 1.54) is 18.4 Å². The molecule has 3 unspecified atom stereocenters. The topological polar surface area (TPSA) is 52.6 Å². The highest BCUT2D eigenvalue weighted by Gasteiger charge is 2.41. The molecule has 3 fully saturated rings. The van der Waals surface area contributed by atoms with Crippen LogP contribution in [0.4, 0.5) is 5.95 Å². The minimum Gasteiger partial charge on any atom is -0.332 e. The molecular formula is C24H39N5O. The number of hydrogen-bond acceptors (Lipinski definition) is 6. The average molecular weight is 414 g/mol. The molecule has 3 aliphatic heterocycles. The molecule has 0 aromatic carbocycles. The third-order valence-corrected chi connectivity index (χ3v) is 7.66. The number of carbonyl (C=O) groups excluding carboxylic acids is 1. The lowest BCUT2D eigenvalue weighted by Gasteiger charge is -2.42. The zero-order chi connectivity index (χ0) is 21.3. The van der Waals surface area contributed by atoms with E-state index in [-0.39, 0.29) is 11.8 Å². The molecule has 1 aromatic rings. The summed E-state index contributed by atoms with van der Waals surface area (Å²) in [6, 6.07) is 1.72. The van der Waals surface area contributed by atoms with Crippen LogP contribution in [0.1, 0.15) is 65.4 Å². The Bertz CT molecular complexity index is 699. The van der Waals surface area contributed by atoms with Crippen molar-refractivity contribution < 1.29 is 4.79 Å². The molecule has 0 saturated carbocycles. The monoisotopic (exact) mass is 413 g/mol. The Labute approximate surface area is 182 Å². The van der Waals surface area contributed by atoms with Crippen LogP contribution in [0.2, 0.25) is 0 Å². The van der Waals surface area contributed by atoms with Gasteiger partial charge in [0.2, 0.25) is 5.95 Å². The lowest BCUT2D eigenvalue weighted by atomic mass is 9.85. The molecule has 4 rings (SSSR count). The molecule has 0 aliphatic carbocycles. The van der Waals surface area contributed by atoms with Gasteiger partial charge in [-0.2, -0.15) is 0 Å². The fourth-order valence-electron chi connectivity index (χ4n) is 5.48. The van der Waals surface area contributed by atoms with Gasteiger partial charge in [-0.15, -0.1) is 0 Å². The molecule has 0 radical (unpaired) electrons. The largest absolute Gasteiger partial charge is 0.332 e. The quantitative estimate of drug-likeness (QED) is 0.683. The number of likely N-dealkylation sites (tertiary alicyclic amines) is 2. The first-order valence-corrected chi connectivity index (χ1v) is 12.1. The Kier molecular flexibility index (Phi) is 6.73. The minimum atomic E-state index is 0.209. The minimum absolute atomic E-state index is 0.209. The van der Waals surface area contributed by atoms with Crippen LogP contribution in [-0.2, 0) is 11.3 Å². The summed E-state index contributed by atoms with van der Waals surface area (Å²) in [6.45, 7) is 13.9. The second kappa shape index (κ2) is 9.31. The summed E-state index contributed by atoms with van der Waals surface area (Å²) in [4.78, 5) is 29.5. The van der Waals surface area contributed by atoms with E-state index in [9.17, 15) is 4.79 Å². The number of hydrogen-bond donors (Lipinski definition) is 0. The van der Waals surface area contributed by atoms with E-state index in [1.807, 2.05) is 12.4 Å². The zero-order valence-corrected chi connectivity index (χ0v) is 19.3. The zero-order valence-electron chi connectivity index (χ0n) is 19.3. The molecule has 0 spiro atoms. The van der Waals surface area contributed by atoms with Gasteiger partial charge in [0.15, 0.2) is 0 Å². The van der Waals surface area contributed by atoms with Crippen LogP contribution in [0.25, 0.3) is 0 Å². The van der Waals surface area contributed by atoms with E-state index in [2.05, 4.69) is 42.4 Å². The molecule has 30 heavy (non-hydrogen) atoms. The molecular weight excluding hydrogens is 374 g/mol. The lowest BCUT2D eigenvalue weighted by molar-refractivity contribution is -0.127. The summed E-state index contributed by atoms with van der Waals surface area (Å²) in [5.74, 6) is 1.85. The number of ketones is 1. The van der Waals surface area contributed by atoms with Crippen molar-refractivity contribution in [2.45, 2.75) is 84.5 Å². The molecule has 2 bridgehead atoms. The number of anilines is 1. The van der Waals surface area contributed by atoms with Crippen molar-refractivity contribution in [2.24, 2.45) is 11.8 Å². The summed E-state index contributed by atoms with van der Waals surface area (Å²) >= 11 is 0. The van der Waals surface area contributed by atoms with E-state index < -0.39 is 0 Å². The van der Waals surface area contributed by atoms with Crippen molar-refractivity contribution in [1.82, 2.24) is 19.8 Å². The fourth-order valence-corrected chi connectivity index (χ4v) is 5.48. The van der Waals surface area contributed by atoms with Crippen LogP contribution in [-0.4, -0.2) is 69.9 Å². The maximum atomic E-state index is 12.5. The van der Waals surface area contributed by atoms with Crippen molar-refractivity contribution in [1.29, 1.82) is 0 Å². The predicted molar refractivity (Wildman–Crippen MR) is 120 cm³/mol. The standard InChI is InChI=1S/C24H39N5O/c1-5-18(4)23(30)20-8-10-27(11-9-20)14-19-12-25-24(26-13-19)29-21-6-7-22(29)16-28(15-21)17(2)3/h12-13,17-18,20-22H,5-11,14-16H2,1-4H3. The van der Waals surface area contributed by atoms with E-state index in [0.717, 1.165) is 57.9 Å². The van der Waals surface area contributed by atoms with Gasteiger partial charge in [-0.3, -0.25) is 14.6 Å². The van der Waals surface area contributed by atoms with Gasteiger partial charge in [0.05, 0.1) is 0 Å². The fraction of sp³-hybridized carbons (Fsp3) is 0.792. The summed E-state index contributed by atoms with van der Waals surface area (Å²) in [5, 5.41) is 0. The molecule has 0 amide bonds. The molecule has 4 heterocycles. The summed E-state index contributed by atoms with van der Waals surface area (Å²) < 4.78 is 0. The van der Waals surface area contributed by atoms with Crippen molar-refractivity contribution in [3.8, 4) is 0 Å². The van der Waals surface area contributed by atoms with Gasteiger partial charge in [0.25, 0.3) is 0 Å². The summed E-state index contributed by atoms with van der Waals surface area (Å²) in [6.07, 6.45) is 9.49. The highest BCUT2D eigenvalue weighted by atomic mass is 16.1. The van der Waals surface area contributed by atoms with Gasteiger partial charge in [-0.1, -0.05) is 13.8 Å². The molecule has 0 N–H and O–H groups in total. The predicted octanol–water partition coefficient (Wildman–Crippen LogP) is 3.37. The Morgan fingerprint density at radius 1 is 1.03 bits per heavy atom. The number of aromatic nitrogens is 2. The van der Waals surface area contributed by atoms with Gasteiger partial charge in [-0.25, -0.2) is 9.97 Å². The van der Waals surface area contributed by atoms with Crippen molar-refractivity contribution in [3.63, 3.8) is 0 Å². The number of rotatable bonds is 7. The summed E-state index contributed by atoms with van der Waals surface area (Å²) in [5.41, 5.74) is 1.18. The molecule has 3 atom stereocenters. The maximum Gasteiger partial charge on any atom is 0.225 e. The van der Waals surface area contributed by atoms with Crippen molar-refractivity contribution in [3.05, 3.63) is 18.0 Å². The normalized spacial score (nSPS) is 27.0. The lowest BCUT2D eigenvalue weighted by Crippen LogP contribution is -2.56. The Hall–Kier alpha value is -1.53. The second-order valence-electron chi connectivity index (χ2n) is 9.99. The molecule has 166 valence electrons. The van der Waals surface area contributed by atoms with Gasteiger partial charge in [-0.05, 0) is 59.0 Å². The van der Waals surface area contributed by atoms with Crippen LogP contribution >= 0.6 is 0 Å². The number of Topliss-reactive ketones (excluding diaryl/α,β-unsaturated/α-hetero) is 1. The number of piperidine rings is 1. The molecule has 6 nitrogen and oxygen atoms in total. The Morgan fingerprint density at radius 2 is 1.63 bits per heavy atom. The van der Waals surface area contributed by atoms with Gasteiger partial charge >= 0.3 is 0 Å². The van der Waals surface area contributed by atoms with Gasteiger partial charge < -0.3 is 4.90 Å². The summed E-state index contributed by atoms with van der Waals surface area (Å²) in [7, 11) is 0. The van der Waals surface area contributed by atoms with Crippen LogP contribution < -0.4 is 4.90 Å². The van der Waals surface area contributed by atoms with Gasteiger partial charge in [0.1, 0.15) is 5.78 Å². The first-order valence-electron chi connectivity index (χ1n) is 12.1. The molecule has 3 aliphatic rings. The number of piperazine rings is 1. The highest BCUT2D eigenvalue weighted by molar-refractivity contribution is 5.83. The smallest absolute Gasteiger partial charge is 0.225 e. The van der Waals surface area contributed by atoms with Crippen molar-refractivity contribution in [2.75, 3.05) is 31.1 Å².